The van der Waals surface area contributed by atoms with E-state index in [9.17, 15) is 4.79 Å². The van der Waals surface area contributed by atoms with Gasteiger partial charge in [0.15, 0.2) is 5.78 Å². The maximum Gasteiger partial charge on any atom is 0.176 e. The van der Waals surface area contributed by atoms with Crippen molar-refractivity contribution in [1.82, 2.24) is 0 Å². The summed E-state index contributed by atoms with van der Waals surface area (Å²) < 4.78 is 5.16. The van der Waals surface area contributed by atoms with Crippen molar-refractivity contribution in [3.63, 3.8) is 0 Å². The van der Waals surface area contributed by atoms with Gasteiger partial charge in [-0.15, -0.1) is 0 Å². The van der Waals surface area contributed by atoms with Crippen LogP contribution in [0.4, 0.5) is 0 Å². The molecule has 17 heavy (non-hydrogen) atoms. The third-order valence-electron chi connectivity index (χ3n) is 2.15. The van der Waals surface area contributed by atoms with E-state index >= 15 is 0 Å². The lowest BCUT2D eigenvalue weighted by Crippen LogP contribution is -2.06. The number of benzene rings is 1. The Morgan fingerprint density at radius 3 is 2.76 bits per heavy atom. The van der Waals surface area contributed by atoms with E-state index in [1.54, 1.807) is 37.1 Å². The largest absolute Gasteiger partial charge is 0.496 e. The van der Waals surface area contributed by atoms with E-state index in [1.807, 2.05) is 0 Å². The number of Topliss-reactive ketones (excluding diaryl/α,β-unsaturated/α-hetero) is 1. The normalized spacial score (nSPS) is 10.6. The highest BCUT2D eigenvalue weighted by Crippen LogP contribution is 2.24. The van der Waals surface area contributed by atoms with Gasteiger partial charge in [0.2, 0.25) is 0 Å². The van der Waals surface area contributed by atoms with Gasteiger partial charge in [-0.05, 0) is 29.9 Å². The Balaban J connectivity index is 2.70. The van der Waals surface area contributed by atoms with Crippen molar-refractivity contribution in [2.75, 3.05) is 18.6 Å². The summed E-state index contributed by atoms with van der Waals surface area (Å²) in [6.07, 6.45) is 0. The van der Waals surface area contributed by atoms with Crippen molar-refractivity contribution in [3.8, 4) is 5.75 Å². The molecule has 0 N–H and O–H groups in total. The molecule has 4 heteroatoms. The molecule has 1 rings (SSSR count). The van der Waals surface area contributed by atoms with E-state index in [4.69, 9.17) is 16.3 Å². The van der Waals surface area contributed by atoms with E-state index in [0.29, 0.717) is 28.0 Å². The van der Waals surface area contributed by atoms with Crippen LogP contribution < -0.4 is 4.74 Å². The molecule has 0 atom stereocenters. The molecule has 0 radical (unpaired) electrons. The maximum atomic E-state index is 12.0. The Morgan fingerprint density at radius 1 is 1.47 bits per heavy atom. The summed E-state index contributed by atoms with van der Waals surface area (Å²) in [6.45, 7) is 4.27. The molecule has 0 fully saturated rings. The van der Waals surface area contributed by atoms with Crippen molar-refractivity contribution >= 4 is 29.1 Å². The molecule has 2 nitrogen and oxygen atoms in total. The molecule has 1 aromatic carbocycles. The van der Waals surface area contributed by atoms with Gasteiger partial charge in [-0.25, -0.2) is 0 Å². The van der Waals surface area contributed by atoms with Gasteiger partial charge in [0.25, 0.3) is 0 Å². The summed E-state index contributed by atoms with van der Waals surface area (Å²) in [5.41, 5.74) is 0.566. The quantitative estimate of drug-likeness (QED) is 0.734. The van der Waals surface area contributed by atoms with Crippen LogP contribution in [-0.4, -0.2) is 24.4 Å². The highest BCUT2D eigenvalue weighted by atomic mass is 35.5. The highest BCUT2D eigenvalue weighted by molar-refractivity contribution is 7.99. The third-order valence-corrected chi connectivity index (χ3v) is 3.75. The minimum Gasteiger partial charge on any atom is -0.496 e. The lowest BCUT2D eigenvalue weighted by atomic mass is 10.1. The van der Waals surface area contributed by atoms with Crippen LogP contribution in [0, 0.1) is 5.92 Å². The second kappa shape index (κ2) is 6.92. The van der Waals surface area contributed by atoms with Gasteiger partial charge in [0, 0.05) is 5.02 Å². The Labute approximate surface area is 112 Å². The Kier molecular flexibility index (Phi) is 5.86. The molecular weight excluding hydrogens is 256 g/mol. The molecule has 0 unspecified atom stereocenters. The summed E-state index contributed by atoms with van der Waals surface area (Å²) in [6, 6.07) is 5.11. The zero-order valence-electron chi connectivity index (χ0n) is 10.3. The monoisotopic (exact) mass is 272 g/mol. The lowest BCUT2D eigenvalue weighted by Gasteiger charge is -2.08. The predicted molar refractivity (Wildman–Crippen MR) is 74.5 cm³/mol. The van der Waals surface area contributed by atoms with Crippen molar-refractivity contribution in [1.29, 1.82) is 0 Å². The minimum atomic E-state index is 0.0648. The standard InChI is InChI=1S/C13H17ClO2S/c1-9(2)7-17-8-12(15)11-6-10(14)4-5-13(11)16-3/h4-6,9H,7-8H2,1-3H3. The molecule has 0 amide bonds. The molecule has 0 bridgehead atoms. The van der Waals surface area contributed by atoms with Crippen LogP contribution in [0.2, 0.25) is 5.02 Å². The molecule has 0 heterocycles. The van der Waals surface area contributed by atoms with Crippen LogP contribution in [0.1, 0.15) is 24.2 Å². The second-order valence-corrected chi connectivity index (χ2v) is 5.64. The number of rotatable bonds is 6. The number of ketones is 1. The Morgan fingerprint density at radius 2 is 2.18 bits per heavy atom. The van der Waals surface area contributed by atoms with Gasteiger partial charge < -0.3 is 4.74 Å². The SMILES string of the molecule is COc1ccc(Cl)cc1C(=O)CSCC(C)C. The maximum absolute atomic E-state index is 12.0. The fraction of sp³-hybridized carbons (Fsp3) is 0.462. The van der Waals surface area contributed by atoms with Crippen LogP contribution in [0.25, 0.3) is 0 Å². The molecule has 0 aliphatic rings. The number of hydrogen-bond acceptors (Lipinski definition) is 3. The first-order valence-corrected chi connectivity index (χ1v) is 7.02. The van der Waals surface area contributed by atoms with Gasteiger partial charge in [-0.1, -0.05) is 25.4 Å². The minimum absolute atomic E-state index is 0.0648. The van der Waals surface area contributed by atoms with E-state index in [0.717, 1.165) is 5.75 Å². The summed E-state index contributed by atoms with van der Waals surface area (Å²) in [5, 5.41) is 0.558. The van der Waals surface area contributed by atoms with Crippen molar-refractivity contribution in [2.24, 2.45) is 5.92 Å². The number of ether oxygens (including phenoxy) is 1. The topological polar surface area (TPSA) is 26.3 Å². The van der Waals surface area contributed by atoms with Gasteiger partial charge in [0.05, 0.1) is 18.4 Å². The summed E-state index contributed by atoms with van der Waals surface area (Å²) in [5.74, 6) is 2.69. The molecule has 0 aliphatic heterocycles. The zero-order chi connectivity index (χ0) is 12.8. The van der Waals surface area contributed by atoms with Crippen molar-refractivity contribution in [2.45, 2.75) is 13.8 Å². The average Bonchev–Trinajstić information content (AvgIpc) is 2.28. The fourth-order valence-corrected chi connectivity index (χ4v) is 2.47. The van der Waals surface area contributed by atoms with Gasteiger partial charge >= 0.3 is 0 Å². The van der Waals surface area contributed by atoms with Crippen LogP contribution in [-0.2, 0) is 0 Å². The smallest absolute Gasteiger partial charge is 0.176 e. The first kappa shape index (κ1) is 14.4. The summed E-state index contributed by atoms with van der Waals surface area (Å²) >= 11 is 7.53. The van der Waals surface area contributed by atoms with E-state index in [-0.39, 0.29) is 5.78 Å². The lowest BCUT2D eigenvalue weighted by molar-refractivity contribution is 0.101. The van der Waals surface area contributed by atoms with E-state index < -0.39 is 0 Å². The summed E-state index contributed by atoms with van der Waals surface area (Å²) in [7, 11) is 1.56. The van der Waals surface area contributed by atoms with Crippen molar-refractivity contribution < 1.29 is 9.53 Å². The Bertz CT molecular complexity index is 391. The molecule has 0 saturated heterocycles. The zero-order valence-corrected chi connectivity index (χ0v) is 11.9. The number of carbonyl (C=O) groups excluding carboxylic acids is 1. The van der Waals surface area contributed by atoms with Gasteiger partial charge in [-0.3, -0.25) is 4.79 Å². The molecule has 0 aliphatic carbocycles. The molecule has 0 saturated carbocycles. The van der Waals surface area contributed by atoms with E-state index in [1.165, 1.54) is 0 Å². The number of thioether (sulfide) groups is 1. The molecule has 1 aromatic rings. The fourth-order valence-electron chi connectivity index (χ4n) is 1.36. The number of halogens is 1. The predicted octanol–water partition coefficient (Wildman–Crippen LogP) is 3.92. The number of hydrogen-bond donors (Lipinski definition) is 0. The van der Waals surface area contributed by atoms with Crippen LogP contribution in [0.15, 0.2) is 18.2 Å². The van der Waals surface area contributed by atoms with Gasteiger partial charge in [0.1, 0.15) is 5.75 Å². The molecule has 0 aromatic heterocycles. The first-order valence-electron chi connectivity index (χ1n) is 5.49. The van der Waals surface area contributed by atoms with Gasteiger partial charge in [-0.2, -0.15) is 11.8 Å². The third kappa shape index (κ3) is 4.60. The highest BCUT2D eigenvalue weighted by Gasteiger charge is 2.13. The second-order valence-electron chi connectivity index (χ2n) is 4.18. The Hall–Kier alpha value is -0.670. The first-order chi connectivity index (χ1) is 8.04. The van der Waals surface area contributed by atoms with Crippen LogP contribution >= 0.6 is 23.4 Å². The summed E-state index contributed by atoms with van der Waals surface area (Å²) in [4.78, 5) is 12.0. The number of methoxy groups -OCH3 is 1. The molecule has 0 spiro atoms. The molecule has 94 valence electrons. The van der Waals surface area contributed by atoms with E-state index in [2.05, 4.69) is 13.8 Å². The molecular formula is C13H17ClO2S. The van der Waals surface area contributed by atoms with Crippen molar-refractivity contribution in [3.05, 3.63) is 28.8 Å². The average molecular weight is 273 g/mol. The number of carbonyl (C=O) groups is 1. The van der Waals surface area contributed by atoms with Crippen LogP contribution in [0.5, 0.6) is 5.75 Å². The van der Waals surface area contributed by atoms with Crippen LogP contribution in [0.3, 0.4) is 0 Å².